The van der Waals surface area contributed by atoms with Crippen LogP contribution in [0.5, 0.6) is 0 Å². The third-order valence-corrected chi connectivity index (χ3v) is 4.45. The molecule has 1 aliphatic rings. The van der Waals surface area contributed by atoms with E-state index in [-0.39, 0.29) is 5.78 Å². The highest BCUT2D eigenvalue weighted by Gasteiger charge is 2.35. The van der Waals surface area contributed by atoms with Gasteiger partial charge >= 0.3 is 0 Å². The standard InChI is InChI=1S/C15H19IO2/c16-13-7-5-12(6-8-13)11-14(17)15(18)9-3-1-2-4-10-15/h5-8,18H,1-4,9-11H2. The molecule has 0 unspecified atom stereocenters. The molecule has 0 bridgehead atoms. The third kappa shape index (κ3) is 3.54. The summed E-state index contributed by atoms with van der Waals surface area (Å²) in [4.78, 5) is 12.3. The van der Waals surface area contributed by atoms with E-state index in [0.29, 0.717) is 19.3 Å². The summed E-state index contributed by atoms with van der Waals surface area (Å²) in [6.07, 6.45) is 5.84. The van der Waals surface area contributed by atoms with Crippen LogP contribution in [0.2, 0.25) is 0 Å². The molecule has 0 saturated heterocycles. The van der Waals surface area contributed by atoms with Crippen molar-refractivity contribution in [1.29, 1.82) is 0 Å². The van der Waals surface area contributed by atoms with Crippen molar-refractivity contribution in [2.75, 3.05) is 0 Å². The highest BCUT2D eigenvalue weighted by Crippen LogP contribution is 2.28. The van der Waals surface area contributed by atoms with Crippen LogP contribution in [0.3, 0.4) is 0 Å². The number of hydrogen-bond acceptors (Lipinski definition) is 2. The minimum absolute atomic E-state index is 0.00870. The molecule has 18 heavy (non-hydrogen) atoms. The van der Waals surface area contributed by atoms with Gasteiger partial charge in [-0.15, -0.1) is 0 Å². The number of carbonyl (C=O) groups excluding carboxylic acids is 1. The molecule has 1 aromatic rings. The first-order valence-electron chi connectivity index (χ1n) is 6.60. The first-order chi connectivity index (χ1) is 8.60. The first kappa shape index (κ1) is 14.0. The second-order valence-corrected chi connectivity index (χ2v) is 6.42. The van der Waals surface area contributed by atoms with Crippen molar-refractivity contribution in [2.45, 2.75) is 50.5 Å². The van der Waals surface area contributed by atoms with Crippen LogP contribution in [0, 0.1) is 3.57 Å². The molecule has 0 radical (unpaired) electrons. The number of benzene rings is 1. The number of halogens is 1. The van der Waals surface area contributed by atoms with Crippen molar-refractivity contribution in [3.63, 3.8) is 0 Å². The van der Waals surface area contributed by atoms with Gasteiger partial charge < -0.3 is 5.11 Å². The second kappa shape index (κ2) is 6.15. The first-order valence-corrected chi connectivity index (χ1v) is 7.68. The summed E-state index contributed by atoms with van der Waals surface area (Å²) >= 11 is 2.25. The van der Waals surface area contributed by atoms with Gasteiger partial charge in [0.2, 0.25) is 0 Å². The van der Waals surface area contributed by atoms with E-state index in [1.807, 2.05) is 24.3 Å². The molecule has 1 N–H and O–H groups in total. The molecule has 98 valence electrons. The summed E-state index contributed by atoms with van der Waals surface area (Å²) in [5.74, 6) is -0.00870. The van der Waals surface area contributed by atoms with Gasteiger partial charge in [0.1, 0.15) is 5.60 Å². The molecule has 1 fully saturated rings. The van der Waals surface area contributed by atoms with Gasteiger partial charge in [0.05, 0.1) is 0 Å². The molecular weight excluding hydrogens is 339 g/mol. The van der Waals surface area contributed by atoms with Crippen LogP contribution in [0.15, 0.2) is 24.3 Å². The molecule has 0 aromatic heterocycles. The second-order valence-electron chi connectivity index (χ2n) is 5.17. The Hall–Kier alpha value is -0.420. The van der Waals surface area contributed by atoms with Gasteiger partial charge in [0.15, 0.2) is 5.78 Å². The average molecular weight is 358 g/mol. The predicted octanol–water partition coefficient (Wildman–Crippen LogP) is 3.49. The molecule has 1 saturated carbocycles. The summed E-state index contributed by atoms with van der Waals surface area (Å²) in [6, 6.07) is 7.94. The summed E-state index contributed by atoms with van der Waals surface area (Å²) in [6.45, 7) is 0. The van der Waals surface area contributed by atoms with Gasteiger partial charge in [0, 0.05) is 9.99 Å². The molecule has 2 rings (SSSR count). The lowest BCUT2D eigenvalue weighted by molar-refractivity contribution is -0.138. The Labute approximate surface area is 122 Å². The average Bonchev–Trinajstić information content (AvgIpc) is 2.58. The van der Waals surface area contributed by atoms with Gasteiger partial charge in [-0.2, -0.15) is 0 Å². The van der Waals surface area contributed by atoms with E-state index < -0.39 is 5.60 Å². The van der Waals surface area contributed by atoms with Crippen LogP contribution in [-0.4, -0.2) is 16.5 Å². The van der Waals surface area contributed by atoms with Crippen LogP contribution in [0.1, 0.15) is 44.1 Å². The van der Waals surface area contributed by atoms with E-state index in [2.05, 4.69) is 22.6 Å². The molecular formula is C15H19IO2. The molecule has 0 spiro atoms. The highest BCUT2D eigenvalue weighted by atomic mass is 127. The fourth-order valence-electron chi connectivity index (χ4n) is 2.54. The Morgan fingerprint density at radius 1 is 1.11 bits per heavy atom. The summed E-state index contributed by atoms with van der Waals surface area (Å²) in [5.41, 5.74) is -0.0717. The lowest BCUT2D eigenvalue weighted by Crippen LogP contribution is -2.39. The zero-order valence-electron chi connectivity index (χ0n) is 10.5. The Morgan fingerprint density at radius 2 is 1.67 bits per heavy atom. The molecule has 2 nitrogen and oxygen atoms in total. The van der Waals surface area contributed by atoms with E-state index in [4.69, 9.17) is 0 Å². The maximum Gasteiger partial charge on any atom is 0.168 e. The van der Waals surface area contributed by atoms with Crippen molar-refractivity contribution in [2.24, 2.45) is 0 Å². The molecule has 0 aliphatic heterocycles. The minimum Gasteiger partial charge on any atom is -0.382 e. The zero-order chi connectivity index (χ0) is 13.0. The maximum absolute atomic E-state index is 12.3. The lowest BCUT2D eigenvalue weighted by Gasteiger charge is -2.24. The van der Waals surface area contributed by atoms with Gasteiger partial charge in [-0.3, -0.25) is 4.79 Å². The van der Waals surface area contributed by atoms with Crippen molar-refractivity contribution in [3.05, 3.63) is 33.4 Å². The molecule has 0 amide bonds. The van der Waals surface area contributed by atoms with Gasteiger partial charge in [-0.1, -0.05) is 37.8 Å². The quantitative estimate of drug-likeness (QED) is 0.664. The third-order valence-electron chi connectivity index (χ3n) is 3.73. The lowest BCUT2D eigenvalue weighted by atomic mass is 9.86. The zero-order valence-corrected chi connectivity index (χ0v) is 12.7. The minimum atomic E-state index is -1.07. The van der Waals surface area contributed by atoms with E-state index >= 15 is 0 Å². The molecule has 1 aliphatic carbocycles. The van der Waals surface area contributed by atoms with Crippen LogP contribution >= 0.6 is 22.6 Å². The van der Waals surface area contributed by atoms with E-state index in [1.54, 1.807) is 0 Å². The Bertz CT molecular complexity index is 403. The fraction of sp³-hybridized carbons (Fsp3) is 0.533. The normalized spacial score (nSPS) is 19.2. The molecule has 1 aromatic carbocycles. The summed E-state index contributed by atoms with van der Waals surface area (Å²) < 4.78 is 1.16. The number of aliphatic hydroxyl groups is 1. The maximum atomic E-state index is 12.3. The highest BCUT2D eigenvalue weighted by molar-refractivity contribution is 14.1. The predicted molar refractivity (Wildman–Crippen MR) is 80.5 cm³/mol. The fourth-order valence-corrected chi connectivity index (χ4v) is 2.90. The Morgan fingerprint density at radius 3 is 2.22 bits per heavy atom. The van der Waals surface area contributed by atoms with Crippen LogP contribution in [0.25, 0.3) is 0 Å². The number of rotatable bonds is 3. The van der Waals surface area contributed by atoms with Gasteiger partial charge in [-0.05, 0) is 53.1 Å². The van der Waals surface area contributed by atoms with Crippen LogP contribution in [0.4, 0.5) is 0 Å². The van der Waals surface area contributed by atoms with Crippen molar-refractivity contribution in [3.8, 4) is 0 Å². The van der Waals surface area contributed by atoms with Crippen molar-refractivity contribution < 1.29 is 9.90 Å². The number of Topliss-reactive ketones (excluding diaryl/α,β-unsaturated/α-hetero) is 1. The van der Waals surface area contributed by atoms with Crippen molar-refractivity contribution in [1.82, 2.24) is 0 Å². The number of hydrogen-bond donors (Lipinski definition) is 1. The molecule has 3 heteroatoms. The monoisotopic (exact) mass is 358 g/mol. The van der Waals surface area contributed by atoms with Gasteiger partial charge in [-0.25, -0.2) is 0 Å². The molecule has 0 atom stereocenters. The summed E-state index contributed by atoms with van der Waals surface area (Å²) in [5, 5.41) is 10.5. The van der Waals surface area contributed by atoms with Crippen LogP contribution < -0.4 is 0 Å². The van der Waals surface area contributed by atoms with Crippen molar-refractivity contribution >= 4 is 28.4 Å². The Balaban J connectivity index is 2.03. The van der Waals surface area contributed by atoms with E-state index in [1.165, 1.54) is 0 Å². The van der Waals surface area contributed by atoms with E-state index in [0.717, 1.165) is 34.8 Å². The smallest absolute Gasteiger partial charge is 0.168 e. The SMILES string of the molecule is O=C(Cc1ccc(I)cc1)C1(O)CCCCCC1. The number of ketones is 1. The van der Waals surface area contributed by atoms with E-state index in [9.17, 15) is 9.90 Å². The number of carbonyl (C=O) groups is 1. The Kier molecular flexibility index (Phi) is 4.78. The summed E-state index contributed by atoms with van der Waals surface area (Å²) in [7, 11) is 0. The van der Waals surface area contributed by atoms with Gasteiger partial charge in [0.25, 0.3) is 0 Å². The van der Waals surface area contributed by atoms with Crippen LogP contribution in [-0.2, 0) is 11.2 Å². The molecule has 0 heterocycles. The largest absolute Gasteiger partial charge is 0.382 e. The topological polar surface area (TPSA) is 37.3 Å².